The van der Waals surface area contributed by atoms with Gasteiger partial charge in [-0.1, -0.05) is 60.7 Å². The minimum atomic E-state index is -0.676. The summed E-state index contributed by atoms with van der Waals surface area (Å²) in [6.45, 7) is 5.41. The Morgan fingerprint density at radius 1 is 1.00 bits per heavy atom. The average Bonchev–Trinajstić information content (AvgIpc) is 2.61. The number of aliphatic hydroxyl groups excluding tert-OH is 1. The molecule has 0 aliphatic carbocycles. The molecule has 0 aromatic heterocycles. The molecule has 2 aromatic rings. The van der Waals surface area contributed by atoms with Gasteiger partial charge in [0.25, 0.3) is 0 Å². The molecule has 26 heavy (non-hydrogen) atoms. The molecule has 0 bridgehead atoms. The average molecular weight is 352 g/mol. The second-order valence-electron chi connectivity index (χ2n) is 7.39. The number of ether oxygens (including phenoxy) is 2. The van der Waals surface area contributed by atoms with Crippen LogP contribution in [0.2, 0.25) is 0 Å². The van der Waals surface area contributed by atoms with Crippen LogP contribution in [0.3, 0.4) is 0 Å². The van der Waals surface area contributed by atoms with Crippen LogP contribution in [-0.4, -0.2) is 16.7 Å². The van der Waals surface area contributed by atoms with E-state index in [9.17, 15) is 9.90 Å². The Morgan fingerprint density at radius 2 is 1.54 bits per heavy atom. The number of carbonyl (C=O) groups is 1. The van der Waals surface area contributed by atoms with Crippen LogP contribution in [0.5, 0.6) is 0 Å². The van der Waals surface area contributed by atoms with Crippen molar-refractivity contribution in [3.8, 4) is 0 Å². The quantitative estimate of drug-likeness (QED) is 0.786. The van der Waals surface area contributed by atoms with E-state index >= 15 is 0 Å². The summed E-state index contributed by atoms with van der Waals surface area (Å²) in [7, 11) is 0. The van der Waals surface area contributed by atoms with Gasteiger partial charge in [0.15, 0.2) is 0 Å². The summed E-state index contributed by atoms with van der Waals surface area (Å²) in [4.78, 5) is 12.7. The maximum absolute atomic E-state index is 12.7. The van der Waals surface area contributed by atoms with E-state index in [0.717, 1.165) is 11.1 Å². The molecule has 0 saturated carbocycles. The van der Waals surface area contributed by atoms with Crippen LogP contribution in [0, 0.1) is 0 Å². The summed E-state index contributed by atoms with van der Waals surface area (Å²) in [6, 6.07) is 19.1. The SMILES string of the molecule is CC(C)(C)OC(=O)C1=C(O)C[C@@H](c2ccccc2)O[C@@H]1c1ccccc1. The Hall–Kier alpha value is -2.59. The first kappa shape index (κ1) is 18.2. The number of benzene rings is 2. The number of hydrogen-bond donors (Lipinski definition) is 1. The van der Waals surface area contributed by atoms with Crippen molar-refractivity contribution in [1.82, 2.24) is 0 Å². The van der Waals surface area contributed by atoms with Gasteiger partial charge in [-0.3, -0.25) is 0 Å². The van der Waals surface area contributed by atoms with Crippen molar-refractivity contribution < 1.29 is 19.4 Å². The first-order valence-electron chi connectivity index (χ1n) is 8.76. The fourth-order valence-corrected chi connectivity index (χ4v) is 3.01. The molecule has 4 nitrogen and oxygen atoms in total. The zero-order chi connectivity index (χ0) is 18.7. The topological polar surface area (TPSA) is 55.8 Å². The molecule has 0 radical (unpaired) electrons. The minimum Gasteiger partial charge on any atom is -0.512 e. The fourth-order valence-electron chi connectivity index (χ4n) is 3.01. The fraction of sp³-hybridized carbons (Fsp3) is 0.318. The minimum absolute atomic E-state index is 0.0215. The maximum atomic E-state index is 12.7. The van der Waals surface area contributed by atoms with Gasteiger partial charge in [-0.25, -0.2) is 4.79 Å². The molecule has 136 valence electrons. The van der Waals surface area contributed by atoms with Crippen molar-refractivity contribution >= 4 is 5.97 Å². The number of carbonyl (C=O) groups excluding carboxylic acids is 1. The molecule has 0 spiro atoms. The van der Waals surface area contributed by atoms with Crippen LogP contribution in [-0.2, 0) is 14.3 Å². The molecule has 2 aromatic carbocycles. The van der Waals surface area contributed by atoms with Crippen molar-refractivity contribution in [1.29, 1.82) is 0 Å². The summed E-state index contributed by atoms with van der Waals surface area (Å²) >= 11 is 0. The molecule has 1 N–H and O–H groups in total. The number of aliphatic hydroxyl groups is 1. The summed E-state index contributed by atoms with van der Waals surface area (Å²) in [5, 5.41) is 10.7. The highest BCUT2D eigenvalue weighted by Gasteiger charge is 2.37. The van der Waals surface area contributed by atoms with Crippen LogP contribution >= 0.6 is 0 Å². The van der Waals surface area contributed by atoms with Gasteiger partial charge >= 0.3 is 5.97 Å². The second kappa shape index (κ2) is 7.34. The van der Waals surface area contributed by atoms with Gasteiger partial charge in [0, 0.05) is 6.42 Å². The first-order valence-corrected chi connectivity index (χ1v) is 8.76. The third-order valence-electron chi connectivity index (χ3n) is 4.14. The van der Waals surface area contributed by atoms with E-state index in [-0.39, 0.29) is 23.9 Å². The molecular weight excluding hydrogens is 328 g/mol. The molecule has 3 rings (SSSR count). The van der Waals surface area contributed by atoms with Crippen molar-refractivity contribution in [3.05, 3.63) is 83.1 Å². The largest absolute Gasteiger partial charge is 0.512 e. The Balaban J connectivity index is 2.00. The van der Waals surface area contributed by atoms with Gasteiger partial charge in [0.2, 0.25) is 0 Å². The highest BCUT2D eigenvalue weighted by molar-refractivity contribution is 5.91. The lowest BCUT2D eigenvalue weighted by atomic mass is 9.92. The van der Waals surface area contributed by atoms with E-state index in [2.05, 4.69) is 0 Å². The van der Waals surface area contributed by atoms with Crippen molar-refractivity contribution in [2.75, 3.05) is 0 Å². The zero-order valence-electron chi connectivity index (χ0n) is 15.3. The highest BCUT2D eigenvalue weighted by Crippen LogP contribution is 2.42. The zero-order valence-corrected chi connectivity index (χ0v) is 15.3. The summed E-state index contributed by atoms with van der Waals surface area (Å²) in [5.74, 6) is -0.524. The monoisotopic (exact) mass is 352 g/mol. The third kappa shape index (κ3) is 4.14. The van der Waals surface area contributed by atoms with Gasteiger partial charge in [-0.15, -0.1) is 0 Å². The second-order valence-corrected chi connectivity index (χ2v) is 7.39. The highest BCUT2D eigenvalue weighted by atomic mass is 16.6. The molecule has 1 aliphatic rings. The number of esters is 1. The van der Waals surface area contributed by atoms with E-state index in [1.165, 1.54) is 0 Å². The number of rotatable bonds is 3. The predicted molar refractivity (Wildman–Crippen MR) is 99.6 cm³/mol. The van der Waals surface area contributed by atoms with E-state index in [0.29, 0.717) is 0 Å². The lowest BCUT2D eigenvalue weighted by Crippen LogP contribution is -2.31. The van der Waals surface area contributed by atoms with Crippen molar-refractivity contribution in [2.45, 2.75) is 45.0 Å². The van der Waals surface area contributed by atoms with Gasteiger partial charge in [-0.05, 0) is 31.9 Å². The lowest BCUT2D eigenvalue weighted by molar-refractivity contribution is -0.153. The van der Waals surface area contributed by atoms with Crippen LogP contribution in [0.1, 0.15) is 50.5 Å². The van der Waals surface area contributed by atoms with Crippen LogP contribution in [0.4, 0.5) is 0 Å². The third-order valence-corrected chi connectivity index (χ3v) is 4.14. The number of hydrogen-bond acceptors (Lipinski definition) is 4. The summed E-state index contributed by atoms with van der Waals surface area (Å²) in [6.07, 6.45) is -0.764. The molecule has 1 aliphatic heterocycles. The Bertz CT molecular complexity index is 788. The lowest BCUT2D eigenvalue weighted by Gasteiger charge is -2.33. The summed E-state index contributed by atoms with van der Waals surface area (Å²) < 4.78 is 11.8. The Kier molecular flexibility index (Phi) is 5.14. The predicted octanol–water partition coefficient (Wildman–Crippen LogP) is 5.04. The van der Waals surface area contributed by atoms with Crippen molar-refractivity contribution in [2.24, 2.45) is 0 Å². The molecular formula is C22H24O4. The standard InChI is InChI=1S/C22H24O4/c1-22(2,3)26-21(24)19-17(23)14-18(15-10-6-4-7-11-15)25-20(19)16-12-8-5-9-13-16/h4-13,18,20,23H,14H2,1-3H3/t18-,20+/m0/s1. The molecule has 1 heterocycles. The van der Waals surface area contributed by atoms with Crippen molar-refractivity contribution in [3.63, 3.8) is 0 Å². The van der Waals surface area contributed by atoms with Crippen LogP contribution < -0.4 is 0 Å². The molecule has 4 heteroatoms. The first-order chi connectivity index (χ1) is 12.3. The van der Waals surface area contributed by atoms with E-state index < -0.39 is 17.7 Å². The smallest absolute Gasteiger partial charge is 0.340 e. The van der Waals surface area contributed by atoms with Crippen LogP contribution in [0.25, 0.3) is 0 Å². The van der Waals surface area contributed by atoms with E-state index in [1.54, 1.807) is 20.8 Å². The molecule has 0 unspecified atom stereocenters. The van der Waals surface area contributed by atoms with E-state index in [4.69, 9.17) is 9.47 Å². The van der Waals surface area contributed by atoms with E-state index in [1.807, 2.05) is 60.7 Å². The molecule has 0 amide bonds. The molecule has 2 atom stereocenters. The van der Waals surface area contributed by atoms with Gasteiger partial charge < -0.3 is 14.6 Å². The van der Waals surface area contributed by atoms with Gasteiger partial charge in [0.05, 0.1) is 6.10 Å². The Morgan fingerprint density at radius 3 is 2.08 bits per heavy atom. The van der Waals surface area contributed by atoms with Crippen LogP contribution in [0.15, 0.2) is 72.0 Å². The Labute approximate surface area is 154 Å². The normalized spacial score (nSPS) is 20.7. The maximum Gasteiger partial charge on any atom is 0.340 e. The summed E-state index contributed by atoms with van der Waals surface area (Å²) in [5.41, 5.74) is 1.30. The molecule has 0 fully saturated rings. The van der Waals surface area contributed by atoms with Gasteiger partial charge in [-0.2, -0.15) is 0 Å². The molecule has 0 saturated heterocycles. The van der Waals surface area contributed by atoms with Gasteiger partial charge in [0.1, 0.15) is 23.0 Å².